The Balaban J connectivity index is 2.85. The van der Waals surface area contributed by atoms with Crippen LogP contribution in [-0.4, -0.2) is 19.7 Å². The van der Waals surface area contributed by atoms with Gasteiger partial charge in [-0.1, -0.05) is 25.1 Å². The predicted octanol–water partition coefficient (Wildman–Crippen LogP) is 2.08. The van der Waals surface area contributed by atoms with Crippen molar-refractivity contribution < 1.29 is 4.74 Å². The average Bonchev–Trinajstić information content (AvgIpc) is 2.35. The van der Waals surface area contributed by atoms with E-state index in [2.05, 4.69) is 25.2 Å². The van der Waals surface area contributed by atoms with Crippen LogP contribution in [0.4, 0.5) is 0 Å². The summed E-state index contributed by atoms with van der Waals surface area (Å²) in [5, 5.41) is 3.50. The van der Waals surface area contributed by atoms with Gasteiger partial charge >= 0.3 is 0 Å². The van der Waals surface area contributed by atoms with E-state index in [1.54, 1.807) is 7.11 Å². The van der Waals surface area contributed by atoms with Crippen LogP contribution in [0.3, 0.4) is 0 Å². The summed E-state index contributed by atoms with van der Waals surface area (Å²) in [4.78, 5) is 0. The number of nitrogens with one attached hydrogen (secondary N) is 1. The molecule has 0 radical (unpaired) electrons. The van der Waals surface area contributed by atoms with E-state index in [1.165, 1.54) is 5.56 Å². The molecular weight excluding hydrogens is 200 g/mol. The lowest BCUT2D eigenvalue weighted by atomic mass is 10.0. The summed E-state index contributed by atoms with van der Waals surface area (Å²) in [5.41, 5.74) is 6.83. The van der Waals surface area contributed by atoms with Crippen LogP contribution in [0.5, 0.6) is 5.75 Å². The number of para-hydroxylation sites is 1. The number of nitrogens with two attached hydrogens (primary N) is 1. The Bertz CT molecular complexity index is 315. The third-order valence-electron chi connectivity index (χ3n) is 2.76. The molecule has 0 aliphatic heterocycles. The lowest BCUT2D eigenvalue weighted by Gasteiger charge is -2.23. The Kier molecular flexibility index (Phi) is 5.29. The van der Waals surface area contributed by atoms with Crippen LogP contribution in [0.15, 0.2) is 24.3 Å². The van der Waals surface area contributed by atoms with Crippen molar-refractivity contribution in [3.8, 4) is 5.75 Å². The van der Waals surface area contributed by atoms with Gasteiger partial charge in [-0.3, -0.25) is 0 Å². The predicted molar refractivity (Wildman–Crippen MR) is 67.7 cm³/mol. The van der Waals surface area contributed by atoms with Crippen molar-refractivity contribution in [1.82, 2.24) is 5.32 Å². The number of rotatable bonds is 6. The minimum Gasteiger partial charge on any atom is -0.496 e. The summed E-state index contributed by atoms with van der Waals surface area (Å²) in [6, 6.07) is 8.73. The Morgan fingerprint density at radius 2 is 2.06 bits per heavy atom. The maximum absolute atomic E-state index is 5.63. The van der Waals surface area contributed by atoms with E-state index in [9.17, 15) is 0 Å². The summed E-state index contributed by atoms with van der Waals surface area (Å²) < 4.78 is 5.37. The van der Waals surface area contributed by atoms with Gasteiger partial charge in [-0.2, -0.15) is 0 Å². The molecule has 0 heterocycles. The molecule has 0 spiro atoms. The fourth-order valence-corrected chi connectivity index (χ4v) is 1.79. The van der Waals surface area contributed by atoms with Crippen molar-refractivity contribution in [3.05, 3.63) is 29.8 Å². The lowest BCUT2D eigenvalue weighted by Crippen LogP contribution is -2.36. The lowest BCUT2D eigenvalue weighted by molar-refractivity contribution is 0.387. The molecule has 3 N–H and O–H groups in total. The minimum atomic E-state index is 0.301. The summed E-state index contributed by atoms with van der Waals surface area (Å²) >= 11 is 0. The molecule has 0 aliphatic carbocycles. The second kappa shape index (κ2) is 6.51. The molecule has 3 heteroatoms. The molecule has 3 nitrogen and oxygen atoms in total. The van der Waals surface area contributed by atoms with Crippen molar-refractivity contribution in [2.75, 3.05) is 13.7 Å². The van der Waals surface area contributed by atoms with Gasteiger partial charge < -0.3 is 15.8 Å². The number of ether oxygens (including phenoxy) is 1. The van der Waals surface area contributed by atoms with E-state index >= 15 is 0 Å². The van der Waals surface area contributed by atoms with Gasteiger partial charge in [0.2, 0.25) is 0 Å². The maximum atomic E-state index is 5.63. The van der Waals surface area contributed by atoms with Gasteiger partial charge in [-0.15, -0.1) is 0 Å². The molecular formula is C13H22N2O. The Morgan fingerprint density at radius 1 is 1.38 bits per heavy atom. The highest BCUT2D eigenvalue weighted by Gasteiger charge is 2.15. The van der Waals surface area contributed by atoms with Crippen LogP contribution in [0.25, 0.3) is 0 Å². The standard InChI is InChI=1S/C13H22N2O/c1-4-12(15-10(2)9-14)11-7-5-6-8-13(11)16-3/h5-8,10,12,15H,4,9,14H2,1-3H3. The van der Waals surface area contributed by atoms with E-state index in [1.807, 2.05) is 18.2 Å². The largest absolute Gasteiger partial charge is 0.496 e. The summed E-state index contributed by atoms with van der Waals surface area (Å²) in [6.45, 7) is 4.90. The van der Waals surface area contributed by atoms with E-state index in [0.717, 1.165) is 12.2 Å². The van der Waals surface area contributed by atoms with E-state index in [4.69, 9.17) is 10.5 Å². The number of hydrogen-bond donors (Lipinski definition) is 2. The maximum Gasteiger partial charge on any atom is 0.123 e. The zero-order valence-electron chi connectivity index (χ0n) is 10.4. The first kappa shape index (κ1) is 13.0. The first-order valence-electron chi connectivity index (χ1n) is 5.81. The van der Waals surface area contributed by atoms with Gasteiger partial charge in [-0.25, -0.2) is 0 Å². The minimum absolute atomic E-state index is 0.301. The van der Waals surface area contributed by atoms with Crippen molar-refractivity contribution >= 4 is 0 Å². The Labute approximate surface area is 98.0 Å². The number of hydrogen-bond acceptors (Lipinski definition) is 3. The molecule has 1 rings (SSSR count). The molecule has 0 bridgehead atoms. The molecule has 0 fully saturated rings. The van der Waals surface area contributed by atoms with Gasteiger partial charge in [0.1, 0.15) is 5.75 Å². The molecule has 2 atom stereocenters. The molecule has 2 unspecified atom stereocenters. The molecule has 1 aromatic rings. The van der Waals surface area contributed by atoms with Crippen LogP contribution in [0.1, 0.15) is 31.9 Å². The summed E-state index contributed by atoms with van der Waals surface area (Å²) in [6.07, 6.45) is 1.02. The monoisotopic (exact) mass is 222 g/mol. The molecule has 0 aromatic heterocycles. The van der Waals surface area contributed by atoms with Crippen molar-refractivity contribution in [2.45, 2.75) is 32.4 Å². The first-order chi connectivity index (χ1) is 7.72. The highest BCUT2D eigenvalue weighted by atomic mass is 16.5. The van der Waals surface area contributed by atoms with Crippen LogP contribution in [-0.2, 0) is 0 Å². The van der Waals surface area contributed by atoms with Crippen LogP contribution >= 0.6 is 0 Å². The van der Waals surface area contributed by atoms with E-state index in [-0.39, 0.29) is 0 Å². The zero-order chi connectivity index (χ0) is 12.0. The first-order valence-corrected chi connectivity index (χ1v) is 5.81. The van der Waals surface area contributed by atoms with Gasteiger partial charge in [0.15, 0.2) is 0 Å². The van der Waals surface area contributed by atoms with Gasteiger partial charge in [0, 0.05) is 24.2 Å². The molecule has 0 saturated heterocycles. The highest BCUT2D eigenvalue weighted by molar-refractivity contribution is 5.35. The van der Waals surface area contributed by atoms with Crippen LogP contribution < -0.4 is 15.8 Å². The summed E-state index contributed by atoms with van der Waals surface area (Å²) in [7, 11) is 1.71. The van der Waals surface area contributed by atoms with Crippen LogP contribution in [0.2, 0.25) is 0 Å². The molecule has 0 amide bonds. The van der Waals surface area contributed by atoms with Crippen LogP contribution in [0, 0.1) is 0 Å². The zero-order valence-corrected chi connectivity index (χ0v) is 10.4. The number of benzene rings is 1. The fraction of sp³-hybridized carbons (Fsp3) is 0.538. The quantitative estimate of drug-likeness (QED) is 0.774. The van der Waals surface area contributed by atoms with Crippen molar-refractivity contribution in [1.29, 1.82) is 0 Å². The topological polar surface area (TPSA) is 47.3 Å². The van der Waals surface area contributed by atoms with E-state index < -0.39 is 0 Å². The smallest absolute Gasteiger partial charge is 0.123 e. The normalized spacial score (nSPS) is 14.5. The molecule has 0 saturated carbocycles. The molecule has 0 aliphatic rings. The second-order valence-electron chi connectivity index (χ2n) is 4.01. The Morgan fingerprint density at radius 3 is 2.62 bits per heavy atom. The highest BCUT2D eigenvalue weighted by Crippen LogP contribution is 2.26. The van der Waals surface area contributed by atoms with Gasteiger partial charge in [-0.05, 0) is 19.4 Å². The third-order valence-corrected chi connectivity index (χ3v) is 2.76. The van der Waals surface area contributed by atoms with Gasteiger partial charge in [0.25, 0.3) is 0 Å². The second-order valence-corrected chi connectivity index (χ2v) is 4.01. The van der Waals surface area contributed by atoms with E-state index in [0.29, 0.717) is 18.6 Å². The van der Waals surface area contributed by atoms with Crippen molar-refractivity contribution in [2.24, 2.45) is 5.73 Å². The molecule has 16 heavy (non-hydrogen) atoms. The molecule has 90 valence electrons. The van der Waals surface area contributed by atoms with Gasteiger partial charge in [0.05, 0.1) is 7.11 Å². The summed E-state index contributed by atoms with van der Waals surface area (Å²) in [5.74, 6) is 0.936. The number of methoxy groups -OCH3 is 1. The third kappa shape index (κ3) is 3.22. The van der Waals surface area contributed by atoms with Crippen molar-refractivity contribution in [3.63, 3.8) is 0 Å². The SMILES string of the molecule is CCC(NC(C)CN)c1ccccc1OC. The fourth-order valence-electron chi connectivity index (χ4n) is 1.79. The Hall–Kier alpha value is -1.06. The molecule has 1 aromatic carbocycles. The average molecular weight is 222 g/mol.